The molecule has 0 aromatic carbocycles. The summed E-state index contributed by atoms with van der Waals surface area (Å²) in [6.07, 6.45) is 6.32. The largest absolute Gasteiger partial charge is 0.480 e. The second-order valence-electron chi connectivity index (χ2n) is 2.57. The van der Waals surface area contributed by atoms with Crippen LogP contribution in [-0.4, -0.2) is 29.6 Å². The van der Waals surface area contributed by atoms with E-state index in [-0.39, 0.29) is 12.5 Å². The fourth-order valence-electron chi connectivity index (χ4n) is 0.611. The number of carbonyl (C=O) groups is 2. The zero-order valence-electron chi connectivity index (χ0n) is 7.93. The summed E-state index contributed by atoms with van der Waals surface area (Å²) in [6.45, 7) is 1.75. The molecule has 0 aliphatic carbocycles. The van der Waals surface area contributed by atoms with Gasteiger partial charge in [0.05, 0.1) is 0 Å². The van der Waals surface area contributed by atoms with E-state index < -0.39 is 12.0 Å². The number of amides is 1. The molecule has 0 aromatic rings. The van der Waals surface area contributed by atoms with E-state index in [0.717, 1.165) is 0 Å². The predicted molar refractivity (Wildman–Crippen MR) is 52.6 cm³/mol. The molecule has 1 amide bonds. The molecule has 0 fully saturated rings. The molecule has 0 bridgehead atoms. The van der Waals surface area contributed by atoms with Crippen LogP contribution < -0.4 is 11.1 Å². The van der Waals surface area contributed by atoms with Crippen LogP contribution in [0, 0.1) is 0 Å². The first-order valence-electron chi connectivity index (χ1n) is 4.13. The second kappa shape index (κ2) is 6.85. The highest BCUT2D eigenvalue weighted by Gasteiger charge is 2.10. The van der Waals surface area contributed by atoms with Crippen LogP contribution in [0.15, 0.2) is 24.3 Å². The number of nitrogens with two attached hydrogens (primary N) is 1. The van der Waals surface area contributed by atoms with Crippen molar-refractivity contribution in [3.05, 3.63) is 24.3 Å². The molecule has 5 nitrogen and oxygen atoms in total. The molecule has 4 N–H and O–H groups in total. The van der Waals surface area contributed by atoms with Gasteiger partial charge in [-0.25, -0.2) is 0 Å². The molecule has 1 unspecified atom stereocenters. The van der Waals surface area contributed by atoms with Crippen LogP contribution in [0.5, 0.6) is 0 Å². The van der Waals surface area contributed by atoms with E-state index in [2.05, 4.69) is 5.32 Å². The Balaban J connectivity index is 3.80. The van der Waals surface area contributed by atoms with E-state index in [4.69, 9.17) is 10.8 Å². The lowest BCUT2D eigenvalue weighted by molar-refractivity contribution is -0.138. The summed E-state index contributed by atoms with van der Waals surface area (Å²) in [4.78, 5) is 21.2. The molecular weight excluding hydrogens is 184 g/mol. The third kappa shape index (κ3) is 5.96. The lowest BCUT2D eigenvalue weighted by atomic mass is 10.3. The first kappa shape index (κ1) is 12.4. The summed E-state index contributed by atoms with van der Waals surface area (Å²) in [5.74, 6) is -1.50. The molecule has 0 saturated heterocycles. The molecule has 0 radical (unpaired) electrons. The van der Waals surface area contributed by atoms with Gasteiger partial charge in [-0.1, -0.05) is 18.2 Å². The van der Waals surface area contributed by atoms with Gasteiger partial charge in [0.2, 0.25) is 5.91 Å². The summed E-state index contributed by atoms with van der Waals surface area (Å²) in [5, 5.41) is 10.8. The lowest BCUT2D eigenvalue weighted by Crippen LogP contribution is -2.41. The van der Waals surface area contributed by atoms with Gasteiger partial charge in [0, 0.05) is 12.6 Å². The summed E-state index contributed by atoms with van der Waals surface area (Å²) >= 11 is 0. The number of carboxylic acid groups (broad SMARTS) is 1. The average Bonchev–Trinajstić information content (AvgIpc) is 2.14. The number of allylic oxidation sites excluding steroid dienone is 3. The Labute approximate surface area is 82.3 Å². The van der Waals surface area contributed by atoms with E-state index in [9.17, 15) is 9.59 Å². The highest BCUT2D eigenvalue weighted by atomic mass is 16.4. The van der Waals surface area contributed by atoms with Gasteiger partial charge >= 0.3 is 5.97 Å². The van der Waals surface area contributed by atoms with Crippen molar-refractivity contribution in [1.82, 2.24) is 5.32 Å². The molecule has 0 rings (SSSR count). The zero-order chi connectivity index (χ0) is 11.0. The Morgan fingerprint density at radius 1 is 1.50 bits per heavy atom. The topological polar surface area (TPSA) is 92.4 Å². The Kier molecular flexibility index (Phi) is 6.06. The molecule has 0 aromatic heterocycles. The minimum Gasteiger partial charge on any atom is -0.480 e. The number of nitrogens with one attached hydrogen (secondary N) is 1. The summed E-state index contributed by atoms with van der Waals surface area (Å²) in [6, 6.07) is -1.06. The summed E-state index contributed by atoms with van der Waals surface area (Å²) in [7, 11) is 0. The zero-order valence-corrected chi connectivity index (χ0v) is 7.93. The first-order valence-corrected chi connectivity index (χ1v) is 4.13. The van der Waals surface area contributed by atoms with Gasteiger partial charge in [-0.3, -0.25) is 9.59 Å². The molecule has 1 atom stereocenters. The number of hydrogen-bond acceptors (Lipinski definition) is 3. The SMILES string of the molecule is C/C=C/C=C/C(=O)NCC(N)C(=O)O. The van der Waals surface area contributed by atoms with E-state index in [1.54, 1.807) is 18.2 Å². The quantitative estimate of drug-likeness (QED) is 0.415. The van der Waals surface area contributed by atoms with E-state index in [1.807, 2.05) is 6.92 Å². The highest BCUT2D eigenvalue weighted by molar-refractivity contribution is 5.88. The maximum absolute atomic E-state index is 11.0. The summed E-state index contributed by atoms with van der Waals surface area (Å²) < 4.78 is 0. The third-order valence-electron chi connectivity index (χ3n) is 1.36. The van der Waals surface area contributed by atoms with Crippen molar-refractivity contribution in [2.45, 2.75) is 13.0 Å². The van der Waals surface area contributed by atoms with E-state index >= 15 is 0 Å². The molecular formula is C9H14N2O3. The van der Waals surface area contributed by atoms with Crippen molar-refractivity contribution in [2.75, 3.05) is 6.54 Å². The number of rotatable bonds is 5. The van der Waals surface area contributed by atoms with Gasteiger partial charge < -0.3 is 16.2 Å². The van der Waals surface area contributed by atoms with Gasteiger partial charge in [-0.05, 0) is 6.92 Å². The minimum atomic E-state index is -1.14. The lowest BCUT2D eigenvalue weighted by Gasteiger charge is -2.05. The fourth-order valence-corrected chi connectivity index (χ4v) is 0.611. The Bertz CT molecular complexity index is 259. The van der Waals surface area contributed by atoms with Crippen LogP contribution in [0.4, 0.5) is 0 Å². The summed E-state index contributed by atoms with van der Waals surface area (Å²) in [5.41, 5.74) is 5.17. The van der Waals surface area contributed by atoms with Crippen LogP contribution >= 0.6 is 0 Å². The van der Waals surface area contributed by atoms with Crippen LogP contribution in [0.1, 0.15) is 6.92 Å². The smallest absolute Gasteiger partial charge is 0.322 e. The highest BCUT2D eigenvalue weighted by Crippen LogP contribution is 1.79. The predicted octanol–water partition coefficient (Wildman–Crippen LogP) is -0.353. The molecule has 0 saturated carbocycles. The second-order valence-corrected chi connectivity index (χ2v) is 2.57. The molecule has 5 heteroatoms. The Hall–Kier alpha value is -1.62. The van der Waals surface area contributed by atoms with Crippen molar-refractivity contribution >= 4 is 11.9 Å². The number of carboxylic acids is 1. The van der Waals surface area contributed by atoms with Gasteiger partial charge in [0.25, 0.3) is 0 Å². The molecule has 0 aliphatic heterocycles. The van der Waals surface area contributed by atoms with Crippen molar-refractivity contribution < 1.29 is 14.7 Å². The van der Waals surface area contributed by atoms with Crippen molar-refractivity contribution in [3.8, 4) is 0 Å². The average molecular weight is 198 g/mol. The Morgan fingerprint density at radius 2 is 2.14 bits per heavy atom. The van der Waals surface area contributed by atoms with Crippen molar-refractivity contribution in [1.29, 1.82) is 0 Å². The van der Waals surface area contributed by atoms with Gasteiger partial charge in [0.1, 0.15) is 6.04 Å². The fraction of sp³-hybridized carbons (Fsp3) is 0.333. The van der Waals surface area contributed by atoms with Gasteiger partial charge in [-0.15, -0.1) is 0 Å². The standard InChI is InChI=1S/C9H14N2O3/c1-2-3-4-5-8(12)11-6-7(10)9(13)14/h2-5,7H,6,10H2,1H3,(H,11,12)(H,13,14)/b3-2+,5-4+. The van der Waals surface area contributed by atoms with Crippen molar-refractivity contribution in [2.24, 2.45) is 5.73 Å². The van der Waals surface area contributed by atoms with E-state index in [0.29, 0.717) is 0 Å². The van der Waals surface area contributed by atoms with Crippen molar-refractivity contribution in [3.63, 3.8) is 0 Å². The normalized spacial score (nSPS) is 13.3. The molecule has 78 valence electrons. The molecule has 0 heterocycles. The molecule has 14 heavy (non-hydrogen) atoms. The number of hydrogen-bond donors (Lipinski definition) is 3. The van der Waals surface area contributed by atoms with Gasteiger partial charge in [0.15, 0.2) is 0 Å². The molecule has 0 spiro atoms. The molecule has 0 aliphatic rings. The first-order chi connectivity index (χ1) is 6.57. The van der Waals surface area contributed by atoms with Crippen LogP contribution in [0.25, 0.3) is 0 Å². The number of carbonyl (C=O) groups excluding carboxylic acids is 1. The van der Waals surface area contributed by atoms with E-state index in [1.165, 1.54) is 6.08 Å². The van der Waals surface area contributed by atoms with Crippen LogP contribution in [0.3, 0.4) is 0 Å². The maximum Gasteiger partial charge on any atom is 0.322 e. The number of aliphatic carboxylic acids is 1. The maximum atomic E-state index is 11.0. The van der Waals surface area contributed by atoms with Crippen LogP contribution in [0.2, 0.25) is 0 Å². The monoisotopic (exact) mass is 198 g/mol. The Morgan fingerprint density at radius 3 is 2.64 bits per heavy atom. The third-order valence-corrected chi connectivity index (χ3v) is 1.36. The minimum absolute atomic E-state index is 0.0751. The van der Waals surface area contributed by atoms with Crippen LogP contribution in [-0.2, 0) is 9.59 Å². The van der Waals surface area contributed by atoms with Gasteiger partial charge in [-0.2, -0.15) is 0 Å².